The molecule has 2 aromatic rings. The third-order valence-corrected chi connectivity index (χ3v) is 2.84. The number of aryl methyl sites for hydroxylation is 1. The van der Waals surface area contributed by atoms with Gasteiger partial charge in [0.25, 0.3) is 0 Å². The Labute approximate surface area is 111 Å². The first-order valence-electron chi connectivity index (χ1n) is 4.31. The molecule has 2 heterocycles. The summed E-state index contributed by atoms with van der Waals surface area (Å²) in [5.74, 6) is 0. The first-order valence-corrected chi connectivity index (χ1v) is 5.19. The predicted molar refractivity (Wildman–Crippen MR) is 72.8 cm³/mol. The molecule has 7 heteroatoms. The van der Waals surface area contributed by atoms with E-state index in [1.807, 2.05) is 43.7 Å². The van der Waals surface area contributed by atoms with E-state index in [-0.39, 0.29) is 24.8 Å². The first-order chi connectivity index (χ1) is 6.66. The Morgan fingerprint density at radius 1 is 1.31 bits per heavy atom. The van der Waals surface area contributed by atoms with Crippen molar-refractivity contribution < 1.29 is 0 Å². The van der Waals surface area contributed by atoms with E-state index in [2.05, 4.69) is 10.1 Å². The second-order valence-electron chi connectivity index (χ2n) is 3.31. The molecule has 16 heavy (non-hydrogen) atoms. The van der Waals surface area contributed by atoms with E-state index < -0.39 is 0 Å². The molecular formula is C9H14Cl2N4S. The fourth-order valence-corrected chi connectivity index (χ4v) is 1.83. The fraction of sp³-hybridized carbons (Fsp3) is 0.333. The van der Waals surface area contributed by atoms with Crippen molar-refractivity contribution in [1.82, 2.24) is 14.8 Å². The van der Waals surface area contributed by atoms with Gasteiger partial charge in [-0.25, -0.2) is 9.67 Å². The number of halogens is 2. The monoisotopic (exact) mass is 280 g/mol. The van der Waals surface area contributed by atoms with E-state index in [4.69, 9.17) is 0 Å². The quantitative estimate of drug-likeness (QED) is 0.848. The molecule has 0 N–H and O–H groups in total. The van der Waals surface area contributed by atoms with Crippen molar-refractivity contribution in [3.8, 4) is 5.13 Å². The highest BCUT2D eigenvalue weighted by molar-refractivity contribution is 7.12. The highest BCUT2D eigenvalue weighted by atomic mass is 35.5. The van der Waals surface area contributed by atoms with Gasteiger partial charge in [-0.2, -0.15) is 5.10 Å². The van der Waals surface area contributed by atoms with Crippen molar-refractivity contribution in [3.05, 3.63) is 23.5 Å². The number of nitrogens with zero attached hydrogens (tertiary/aromatic N) is 4. The highest BCUT2D eigenvalue weighted by Gasteiger charge is 2.04. The Morgan fingerprint density at radius 3 is 2.44 bits per heavy atom. The summed E-state index contributed by atoms with van der Waals surface area (Å²) in [6.07, 6.45) is 3.80. The summed E-state index contributed by atoms with van der Waals surface area (Å²) < 4.78 is 1.80. The molecule has 0 aliphatic heterocycles. The Kier molecular flexibility index (Phi) is 5.78. The van der Waals surface area contributed by atoms with Crippen LogP contribution in [0.3, 0.4) is 0 Å². The molecule has 0 fully saturated rings. The van der Waals surface area contributed by atoms with Gasteiger partial charge in [-0.1, -0.05) is 0 Å². The molecule has 0 aromatic carbocycles. The lowest BCUT2D eigenvalue weighted by Crippen LogP contribution is -2.07. The van der Waals surface area contributed by atoms with Gasteiger partial charge in [0.15, 0.2) is 0 Å². The van der Waals surface area contributed by atoms with Crippen molar-refractivity contribution in [3.63, 3.8) is 0 Å². The molecular weight excluding hydrogens is 267 g/mol. The Morgan fingerprint density at radius 2 is 2.00 bits per heavy atom. The summed E-state index contributed by atoms with van der Waals surface area (Å²) in [5.41, 5.74) is 2.12. The van der Waals surface area contributed by atoms with E-state index >= 15 is 0 Å². The van der Waals surface area contributed by atoms with Gasteiger partial charge in [-0.15, -0.1) is 36.2 Å². The zero-order valence-corrected chi connectivity index (χ0v) is 11.7. The van der Waals surface area contributed by atoms with Crippen LogP contribution in [0, 0.1) is 6.92 Å². The molecule has 0 radical (unpaired) electrons. The SMILES string of the molecule is Cc1csc(-n2cc(N(C)C)cn2)n1.Cl.Cl. The third-order valence-electron chi connectivity index (χ3n) is 1.89. The molecule has 0 unspecified atom stereocenters. The maximum Gasteiger partial charge on any atom is 0.210 e. The summed E-state index contributed by atoms with van der Waals surface area (Å²) in [7, 11) is 3.99. The average molecular weight is 281 g/mol. The number of anilines is 1. The van der Waals surface area contributed by atoms with E-state index in [1.54, 1.807) is 16.0 Å². The standard InChI is InChI=1S/C9H12N4S.2ClH/c1-7-6-14-9(11-7)13-5-8(4-10-13)12(2)3;;/h4-6H,1-3H3;2*1H. The maximum atomic E-state index is 4.35. The minimum Gasteiger partial charge on any atom is -0.375 e. The largest absolute Gasteiger partial charge is 0.375 e. The third kappa shape index (κ3) is 3.10. The zero-order valence-electron chi connectivity index (χ0n) is 9.25. The summed E-state index contributed by atoms with van der Waals surface area (Å²) in [6, 6.07) is 0. The van der Waals surface area contributed by atoms with Gasteiger partial charge in [-0.3, -0.25) is 0 Å². The minimum absolute atomic E-state index is 0. The maximum absolute atomic E-state index is 4.35. The van der Waals surface area contributed by atoms with Gasteiger partial charge in [0.1, 0.15) is 0 Å². The molecule has 0 amide bonds. The Balaban J connectivity index is 0.00000112. The number of aromatic nitrogens is 3. The summed E-state index contributed by atoms with van der Waals surface area (Å²) in [6.45, 7) is 1.98. The number of thiazole rings is 1. The minimum atomic E-state index is 0. The zero-order chi connectivity index (χ0) is 10.1. The van der Waals surface area contributed by atoms with Crippen molar-refractivity contribution in [1.29, 1.82) is 0 Å². The molecule has 2 aromatic heterocycles. The van der Waals surface area contributed by atoms with Crippen LogP contribution in [0.1, 0.15) is 5.69 Å². The predicted octanol–water partition coefficient (Wildman–Crippen LogP) is 2.55. The Bertz CT molecular complexity index is 438. The normalized spacial score (nSPS) is 9.19. The highest BCUT2D eigenvalue weighted by Crippen LogP contribution is 2.16. The lowest BCUT2D eigenvalue weighted by molar-refractivity contribution is 0.865. The fourth-order valence-electron chi connectivity index (χ4n) is 1.10. The average Bonchev–Trinajstić information content (AvgIpc) is 2.70. The molecule has 2 rings (SSSR count). The summed E-state index contributed by atoms with van der Waals surface area (Å²) >= 11 is 1.60. The molecule has 90 valence electrons. The van der Waals surface area contributed by atoms with Crippen LogP contribution < -0.4 is 4.90 Å². The molecule has 0 spiro atoms. The van der Waals surface area contributed by atoms with Crippen LogP contribution in [-0.4, -0.2) is 28.9 Å². The molecule has 0 saturated carbocycles. The van der Waals surface area contributed by atoms with Crippen molar-refractivity contribution in [2.75, 3.05) is 19.0 Å². The van der Waals surface area contributed by atoms with E-state index in [1.165, 1.54) is 0 Å². The number of hydrogen-bond acceptors (Lipinski definition) is 4. The van der Waals surface area contributed by atoms with Crippen LogP contribution in [0.4, 0.5) is 5.69 Å². The van der Waals surface area contributed by atoms with Gasteiger partial charge < -0.3 is 4.90 Å². The van der Waals surface area contributed by atoms with Gasteiger partial charge >= 0.3 is 0 Å². The summed E-state index contributed by atoms with van der Waals surface area (Å²) in [5, 5.41) is 7.18. The van der Waals surface area contributed by atoms with Crippen molar-refractivity contribution in [2.45, 2.75) is 6.92 Å². The summed E-state index contributed by atoms with van der Waals surface area (Å²) in [4.78, 5) is 6.37. The Hall–Kier alpha value is -0.780. The van der Waals surface area contributed by atoms with Gasteiger partial charge in [0.05, 0.1) is 23.8 Å². The van der Waals surface area contributed by atoms with E-state index in [9.17, 15) is 0 Å². The van der Waals surface area contributed by atoms with Crippen LogP contribution in [0.15, 0.2) is 17.8 Å². The second kappa shape index (κ2) is 6.08. The van der Waals surface area contributed by atoms with Crippen LogP contribution in [0.25, 0.3) is 5.13 Å². The topological polar surface area (TPSA) is 34.0 Å². The molecule has 0 saturated heterocycles. The van der Waals surface area contributed by atoms with Crippen LogP contribution in [0.5, 0.6) is 0 Å². The van der Waals surface area contributed by atoms with Crippen molar-refractivity contribution in [2.24, 2.45) is 0 Å². The van der Waals surface area contributed by atoms with Gasteiger partial charge in [-0.05, 0) is 6.92 Å². The molecule has 4 nitrogen and oxygen atoms in total. The van der Waals surface area contributed by atoms with E-state index in [0.717, 1.165) is 16.5 Å². The lowest BCUT2D eigenvalue weighted by Gasteiger charge is -2.06. The molecule has 0 aliphatic carbocycles. The number of rotatable bonds is 2. The van der Waals surface area contributed by atoms with Gasteiger partial charge in [0.2, 0.25) is 5.13 Å². The smallest absolute Gasteiger partial charge is 0.210 e. The molecule has 0 bridgehead atoms. The van der Waals surface area contributed by atoms with Gasteiger partial charge in [0, 0.05) is 19.5 Å². The second-order valence-corrected chi connectivity index (χ2v) is 4.15. The van der Waals surface area contributed by atoms with Crippen LogP contribution in [-0.2, 0) is 0 Å². The lowest BCUT2D eigenvalue weighted by atomic mass is 10.5. The van der Waals surface area contributed by atoms with Crippen LogP contribution in [0.2, 0.25) is 0 Å². The molecule has 0 aliphatic rings. The number of hydrogen-bond donors (Lipinski definition) is 0. The molecule has 0 atom stereocenters. The van der Waals surface area contributed by atoms with Crippen molar-refractivity contribution >= 4 is 41.8 Å². The van der Waals surface area contributed by atoms with Crippen LogP contribution >= 0.6 is 36.2 Å². The van der Waals surface area contributed by atoms with E-state index in [0.29, 0.717) is 0 Å². The first kappa shape index (κ1) is 15.2.